The highest BCUT2D eigenvalue weighted by Crippen LogP contribution is 2.15. The van der Waals surface area contributed by atoms with Gasteiger partial charge in [-0.05, 0) is 26.3 Å². The van der Waals surface area contributed by atoms with Crippen LogP contribution in [0.2, 0.25) is 0 Å². The van der Waals surface area contributed by atoms with Crippen molar-refractivity contribution in [2.45, 2.75) is 32.9 Å². The van der Waals surface area contributed by atoms with Crippen molar-refractivity contribution in [3.63, 3.8) is 0 Å². The van der Waals surface area contributed by atoms with Crippen molar-refractivity contribution < 1.29 is 6.85 Å². The average molecular weight is 278 g/mol. The molecule has 0 aliphatic heterocycles. The van der Waals surface area contributed by atoms with Crippen molar-refractivity contribution in [2.24, 2.45) is 0 Å². The molecule has 1 aromatic heterocycles. The number of nitrogens with zero attached hydrogens (tertiary/aromatic N) is 1. The minimum Gasteiger partial charge on any atom is -0.365 e. The Morgan fingerprint density at radius 2 is 1.85 bits per heavy atom. The van der Waals surface area contributed by atoms with E-state index in [0.717, 1.165) is 4.57 Å². The maximum Gasteiger partial charge on any atom is 0.330 e. The van der Waals surface area contributed by atoms with Gasteiger partial charge in [0, 0.05) is 18.2 Å². The summed E-state index contributed by atoms with van der Waals surface area (Å²) < 4.78 is 40.0. The largest absolute Gasteiger partial charge is 0.365 e. The summed E-state index contributed by atoms with van der Waals surface area (Å²) in [4.78, 5) is 26.6. The van der Waals surface area contributed by atoms with Gasteiger partial charge < -0.3 is 5.32 Å². The predicted molar refractivity (Wildman–Crippen MR) is 80.2 cm³/mol. The van der Waals surface area contributed by atoms with Crippen LogP contribution in [0.3, 0.4) is 0 Å². The van der Waals surface area contributed by atoms with E-state index in [2.05, 4.69) is 10.3 Å². The Kier molecular flexibility index (Phi) is 2.54. The van der Waals surface area contributed by atoms with Gasteiger partial charge in [0.05, 0.1) is 6.85 Å². The van der Waals surface area contributed by atoms with Crippen LogP contribution in [0.15, 0.2) is 45.9 Å². The van der Waals surface area contributed by atoms with Gasteiger partial charge in [-0.2, -0.15) is 0 Å². The van der Waals surface area contributed by atoms with Crippen LogP contribution in [0, 0.1) is 0 Å². The van der Waals surface area contributed by atoms with Crippen molar-refractivity contribution in [3.8, 4) is 0 Å². The molecule has 1 heterocycles. The molecule has 0 aliphatic carbocycles. The Labute approximate surface area is 124 Å². The maximum absolute atomic E-state index is 12.1. The van der Waals surface area contributed by atoms with E-state index in [1.165, 1.54) is 6.07 Å². The number of rotatable bonds is 4. The normalized spacial score (nSPS) is 15.9. The Balaban J connectivity index is 2.47. The SMILES string of the molecule is [2H]c1c([2H])c([2H])c([C@H](C)Nc2cc(=O)n(C(C)C)c(=O)[nH]2)c([2H])c1[2H]. The summed E-state index contributed by atoms with van der Waals surface area (Å²) in [6.45, 7) is 5.00. The zero-order valence-corrected chi connectivity index (χ0v) is 11.5. The summed E-state index contributed by atoms with van der Waals surface area (Å²) in [5.41, 5.74) is -1.02. The van der Waals surface area contributed by atoms with Crippen molar-refractivity contribution in [2.75, 3.05) is 5.32 Å². The van der Waals surface area contributed by atoms with Gasteiger partial charge in [0.25, 0.3) is 5.56 Å². The molecule has 106 valence electrons. The molecule has 1 aromatic carbocycles. The fraction of sp³-hybridized carbons (Fsp3) is 0.333. The summed E-state index contributed by atoms with van der Waals surface area (Å²) in [5.74, 6) is 0.117. The second kappa shape index (κ2) is 5.77. The molecule has 0 aliphatic rings. The van der Waals surface area contributed by atoms with Gasteiger partial charge in [-0.1, -0.05) is 30.2 Å². The molecule has 0 fully saturated rings. The molecule has 0 bridgehead atoms. The van der Waals surface area contributed by atoms with E-state index in [1.807, 2.05) is 0 Å². The van der Waals surface area contributed by atoms with Crippen LogP contribution < -0.4 is 16.6 Å². The van der Waals surface area contributed by atoms with Crippen LogP contribution in [0.4, 0.5) is 5.82 Å². The Hall–Kier alpha value is -2.30. The van der Waals surface area contributed by atoms with E-state index in [4.69, 9.17) is 6.85 Å². The number of aromatic amines is 1. The quantitative estimate of drug-likeness (QED) is 0.901. The zero-order valence-electron chi connectivity index (χ0n) is 16.5. The maximum atomic E-state index is 12.1. The minimum absolute atomic E-state index is 0.0555. The molecule has 2 N–H and O–H groups in total. The number of hydrogen-bond donors (Lipinski definition) is 2. The molecule has 0 spiro atoms. The number of aromatic nitrogens is 2. The van der Waals surface area contributed by atoms with Crippen LogP contribution in [-0.4, -0.2) is 9.55 Å². The highest BCUT2D eigenvalue weighted by Gasteiger charge is 2.10. The van der Waals surface area contributed by atoms with E-state index in [9.17, 15) is 9.59 Å². The molecule has 0 unspecified atom stereocenters. The van der Waals surface area contributed by atoms with Gasteiger partial charge in [0.15, 0.2) is 0 Å². The highest BCUT2D eigenvalue weighted by molar-refractivity contribution is 5.36. The molecule has 5 nitrogen and oxygen atoms in total. The van der Waals surface area contributed by atoms with Crippen LogP contribution in [0.5, 0.6) is 0 Å². The Morgan fingerprint density at radius 1 is 1.20 bits per heavy atom. The van der Waals surface area contributed by atoms with E-state index >= 15 is 0 Å². The number of anilines is 1. The summed E-state index contributed by atoms with van der Waals surface area (Å²) in [6, 6.07) is -1.83. The predicted octanol–water partition coefficient (Wildman–Crippen LogP) is 2.29. The minimum atomic E-state index is -0.723. The topological polar surface area (TPSA) is 66.9 Å². The molecule has 2 rings (SSSR count). The number of nitrogens with one attached hydrogen (secondary N) is 2. The third kappa shape index (κ3) is 2.99. The van der Waals surface area contributed by atoms with Gasteiger partial charge in [0.1, 0.15) is 5.82 Å². The van der Waals surface area contributed by atoms with Gasteiger partial charge in [-0.25, -0.2) is 4.79 Å². The first kappa shape index (κ1) is 8.79. The first-order chi connectivity index (χ1) is 11.6. The highest BCUT2D eigenvalue weighted by atomic mass is 16.2. The molecule has 1 atom stereocenters. The second-order valence-electron chi connectivity index (χ2n) is 4.69. The lowest BCUT2D eigenvalue weighted by molar-refractivity contribution is 0.546. The van der Waals surface area contributed by atoms with Gasteiger partial charge in [-0.3, -0.25) is 14.3 Å². The van der Waals surface area contributed by atoms with Gasteiger partial charge in [0.2, 0.25) is 0 Å². The lowest BCUT2D eigenvalue weighted by atomic mass is 10.1. The van der Waals surface area contributed by atoms with Gasteiger partial charge >= 0.3 is 5.69 Å². The van der Waals surface area contributed by atoms with Crippen LogP contribution in [0.25, 0.3) is 0 Å². The van der Waals surface area contributed by atoms with Gasteiger partial charge in [-0.15, -0.1) is 0 Å². The van der Waals surface area contributed by atoms with E-state index in [0.29, 0.717) is 0 Å². The standard InChI is InChI=1S/C15H19N3O2/c1-10(2)18-14(19)9-13(17-15(18)20)16-11(3)12-7-5-4-6-8-12/h4-11,16H,1-3H3,(H,17,20)/t11-/m0/s1/i4D,5D,6D,7D,8D. The Morgan fingerprint density at radius 3 is 2.40 bits per heavy atom. The smallest absolute Gasteiger partial charge is 0.330 e. The molecule has 5 heteroatoms. The summed E-state index contributed by atoms with van der Waals surface area (Å²) in [5, 5.41) is 2.82. The summed E-state index contributed by atoms with van der Waals surface area (Å²) >= 11 is 0. The number of H-pyrrole nitrogens is 1. The molecule has 0 amide bonds. The molecular weight excluding hydrogens is 254 g/mol. The first-order valence-electron chi connectivity index (χ1n) is 8.75. The van der Waals surface area contributed by atoms with E-state index in [-0.39, 0.29) is 29.5 Å². The van der Waals surface area contributed by atoms with Crippen LogP contribution >= 0.6 is 0 Å². The third-order valence-electron chi connectivity index (χ3n) is 2.81. The average Bonchev–Trinajstić information content (AvgIpc) is 2.50. The second-order valence-corrected chi connectivity index (χ2v) is 4.69. The van der Waals surface area contributed by atoms with Crippen molar-refractivity contribution >= 4 is 5.82 Å². The van der Waals surface area contributed by atoms with Crippen molar-refractivity contribution in [1.82, 2.24) is 9.55 Å². The summed E-state index contributed by atoms with van der Waals surface area (Å²) in [7, 11) is 0. The molecule has 20 heavy (non-hydrogen) atoms. The summed E-state index contributed by atoms with van der Waals surface area (Å²) in [6.07, 6.45) is 0. The molecule has 2 aromatic rings. The monoisotopic (exact) mass is 278 g/mol. The fourth-order valence-corrected chi connectivity index (χ4v) is 1.85. The van der Waals surface area contributed by atoms with E-state index in [1.54, 1.807) is 20.8 Å². The lowest BCUT2D eigenvalue weighted by Crippen LogP contribution is -2.36. The van der Waals surface area contributed by atoms with Crippen LogP contribution in [-0.2, 0) is 0 Å². The molecule has 0 saturated carbocycles. The number of hydrogen-bond acceptors (Lipinski definition) is 3. The fourth-order valence-electron chi connectivity index (χ4n) is 1.85. The van der Waals surface area contributed by atoms with E-state index < -0.39 is 35.4 Å². The Bertz CT molecular complexity index is 876. The first-order valence-corrected chi connectivity index (χ1v) is 6.25. The third-order valence-corrected chi connectivity index (χ3v) is 2.81. The molecule has 0 radical (unpaired) electrons. The number of benzene rings is 1. The zero-order chi connectivity index (χ0) is 19.0. The van der Waals surface area contributed by atoms with Crippen molar-refractivity contribution in [1.29, 1.82) is 0 Å². The van der Waals surface area contributed by atoms with Crippen molar-refractivity contribution in [3.05, 3.63) is 62.7 Å². The molecule has 0 saturated heterocycles. The lowest BCUT2D eigenvalue weighted by Gasteiger charge is -2.16. The molecular formula is C15H19N3O2. The van der Waals surface area contributed by atoms with Crippen LogP contribution in [0.1, 0.15) is 45.3 Å².